The summed E-state index contributed by atoms with van der Waals surface area (Å²) >= 11 is 5.96. The van der Waals surface area contributed by atoms with Gasteiger partial charge in [0.2, 0.25) is 0 Å². The van der Waals surface area contributed by atoms with Crippen LogP contribution in [0.25, 0.3) is 22.6 Å². The van der Waals surface area contributed by atoms with Gasteiger partial charge >= 0.3 is 0 Å². The van der Waals surface area contributed by atoms with Crippen molar-refractivity contribution in [3.8, 4) is 11.4 Å². The number of anilines is 1. The summed E-state index contributed by atoms with van der Waals surface area (Å²) < 4.78 is 13.2. The SMILES string of the molecule is C[C@H](Nc1nc(-c2c[nH]c3ncc(Cl)nc23)ncc1CO)c1ccc(F)cc1. The predicted molar refractivity (Wildman–Crippen MR) is 104 cm³/mol. The first-order chi connectivity index (χ1) is 13.5. The second kappa shape index (κ2) is 7.49. The van der Waals surface area contributed by atoms with E-state index in [0.717, 1.165) is 5.56 Å². The highest BCUT2D eigenvalue weighted by Crippen LogP contribution is 2.27. The number of aliphatic hydroxyl groups is 1. The molecule has 28 heavy (non-hydrogen) atoms. The van der Waals surface area contributed by atoms with E-state index in [1.54, 1.807) is 24.5 Å². The molecule has 0 amide bonds. The predicted octanol–water partition coefficient (Wildman–Crippen LogP) is 3.87. The van der Waals surface area contributed by atoms with Crippen molar-refractivity contribution in [2.45, 2.75) is 19.6 Å². The number of fused-ring (bicyclic) bond motifs is 1. The molecule has 0 fully saturated rings. The molecule has 1 atom stereocenters. The Labute approximate surface area is 164 Å². The van der Waals surface area contributed by atoms with Gasteiger partial charge in [0.15, 0.2) is 11.5 Å². The fourth-order valence-corrected chi connectivity index (χ4v) is 2.99. The first kappa shape index (κ1) is 18.3. The zero-order valence-corrected chi connectivity index (χ0v) is 15.6. The lowest BCUT2D eigenvalue weighted by Crippen LogP contribution is -2.11. The molecule has 0 aliphatic heterocycles. The molecule has 0 saturated carbocycles. The Kier molecular flexibility index (Phi) is 4.89. The number of benzene rings is 1. The molecule has 3 heterocycles. The zero-order valence-electron chi connectivity index (χ0n) is 14.8. The van der Waals surface area contributed by atoms with Gasteiger partial charge in [-0.15, -0.1) is 0 Å². The van der Waals surface area contributed by atoms with Crippen LogP contribution in [0, 0.1) is 5.82 Å². The van der Waals surface area contributed by atoms with Gasteiger partial charge in [0.25, 0.3) is 0 Å². The third-order valence-electron chi connectivity index (χ3n) is 4.35. The lowest BCUT2D eigenvalue weighted by Gasteiger charge is -2.17. The van der Waals surface area contributed by atoms with Gasteiger partial charge in [-0.25, -0.2) is 24.3 Å². The average Bonchev–Trinajstić information content (AvgIpc) is 3.11. The maximum absolute atomic E-state index is 13.2. The lowest BCUT2D eigenvalue weighted by molar-refractivity contribution is 0.281. The number of nitrogens with zero attached hydrogens (tertiary/aromatic N) is 4. The fraction of sp³-hybridized carbons (Fsp3) is 0.158. The van der Waals surface area contributed by atoms with Crippen molar-refractivity contribution in [1.82, 2.24) is 24.9 Å². The highest BCUT2D eigenvalue weighted by atomic mass is 35.5. The van der Waals surface area contributed by atoms with Crippen LogP contribution in [0.1, 0.15) is 24.1 Å². The van der Waals surface area contributed by atoms with Gasteiger partial charge in [-0.1, -0.05) is 23.7 Å². The summed E-state index contributed by atoms with van der Waals surface area (Å²) in [7, 11) is 0. The van der Waals surface area contributed by atoms with E-state index in [0.29, 0.717) is 33.9 Å². The van der Waals surface area contributed by atoms with Crippen molar-refractivity contribution in [1.29, 1.82) is 0 Å². The topological polar surface area (TPSA) is 99.6 Å². The molecule has 142 valence electrons. The van der Waals surface area contributed by atoms with Crippen molar-refractivity contribution in [2.24, 2.45) is 0 Å². The Morgan fingerprint density at radius 1 is 1.18 bits per heavy atom. The van der Waals surface area contributed by atoms with E-state index in [4.69, 9.17) is 11.6 Å². The molecule has 0 saturated heterocycles. The summed E-state index contributed by atoms with van der Waals surface area (Å²) in [5.41, 5.74) is 3.20. The largest absolute Gasteiger partial charge is 0.391 e. The van der Waals surface area contributed by atoms with Crippen molar-refractivity contribution in [3.63, 3.8) is 0 Å². The van der Waals surface area contributed by atoms with Crippen LogP contribution >= 0.6 is 11.6 Å². The Morgan fingerprint density at radius 3 is 2.71 bits per heavy atom. The molecule has 0 aliphatic rings. The van der Waals surface area contributed by atoms with Gasteiger partial charge in [0, 0.05) is 24.0 Å². The molecule has 1 aromatic carbocycles. The number of hydrogen-bond donors (Lipinski definition) is 3. The average molecular weight is 399 g/mol. The van der Waals surface area contributed by atoms with Gasteiger partial charge in [0.1, 0.15) is 22.3 Å². The van der Waals surface area contributed by atoms with E-state index < -0.39 is 0 Å². The molecular weight excluding hydrogens is 383 g/mol. The van der Waals surface area contributed by atoms with Gasteiger partial charge in [-0.3, -0.25) is 0 Å². The standard InChI is InChI=1S/C19H16ClFN6O/c1-10(11-2-4-13(21)5-3-11)25-17-12(9-28)6-22-18(27-17)14-7-23-19-16(14)26-15(20)8-24-19/h2-8,10,28H,9H2,1H3,(H,23,24)(H,22,25,27)/t10-/m0/s1. The quantitative estimate of drug-likeness (QED) is 0.472. The minimum Gasteiger partial charge on any atom is -0.391 e. The van der Waals surface area contributed by atoms with Gasteiger partial charge in [-0.2, -0.15) is 0 Å². The van der Waals surface area contributed by atoms with E-state index in [1.165, 1.54) is 18.3 Å². The summed E-state index contributed by atoms with van der Waals surface area (Å²) in [6.45, 7) is 1.70. The summed E-state index contributed by atoms with van der Waals surface area (Å²) in [5.74, 6) is 0.595. The van der Waals surface area contributed by atoms with Crippen molar-refractivity contribution < 1.29 is 9.50 Å². The van der Waals surface area contributed by atoms with Crippen molar-refractivity contribution >= 4 is 28.6 Å². The second-order valence-corrected chi connectivity index (χ2v) is 6.62. The molecule has 3 N–H and O–H groups in total. The summed E-state index contributed by atoms with van der Waals surface area (Å²) in [4.78, 5) is 20.4. The fourth-order valence-electron chi connectivity index (χ4n) is 2.86. The Balaban J connectivity index is 1.71. The number of aromatic amines is 1. The number of hydrogen-bond acceptors (Lipinski definition) is 6. The molecule has 4 aromatic rings. The monoisotopic (exact) mass is 398 g/mol. The number of aliphatic hydroxyl groups excluding tert-OH is 1. The molecule has 0 unspecified atom stereocenters. The number of H-pyrrole nitrogens is 1. The van der Waals surface area contributed by atoms with Gasteiger partial charge in [0.05, 0.1) is 18.4 Å². The summed E-state index contributed by atoms with van der Waals surface area (Å²) in [5, 5.41) is 13.2. The maximum Gasteiger partial charge on any atom is 0.165 e. The molecule has 0 radical (unpaired) electrons. The lowest BCUT2D eigenvalue weighted by atomic mass is 10.1. The molecule has 9 heteroatoms. The van der Waals surface area contributed by atoms with Crippen LogP contribution in [0.3, 0.4) is 0 Å². The van der Waals surface area contributed by atoms with Crippen LogP contribution in [-0.2, 0) is 6.61 Å². The summed E-state index contributed by atoms with van der Waals surface area (Å²) in [6.07, 6.45) is 4.72. The van der Waals surface area contributed by atoms with Crippen LogP contribution < -0.4 is 5.32 Å². The second-order valence-electron chi connectivity index (χ2n) is 6.24. The molecule has 7 nitrogen and oxygen atoms in total. The maximum atomic E-state index is 13.2. The third-order valence-corrected chi connectivity index (χ3v) is 4.53. The van der Waals surface area contributed by atoms with Crippen molar-refractivity contribution in [3.05, 3.63) is 65.0 Å². The third kappa shape index (κ3) is 3.51. The van der Waals surface area contributed by atoms with E-state index in [9.17, 15) is 9.50 Å². The van der Waals surface area contributed by atoms with Gasteiger partial charge in [-0.05, 0) is 24.6 Å². The normalized spacial score (nSPS) is 12.3. The van der Waals surface area contributed by atoms with Crippen LogP contribution in [0.5, 0.6) is 0 Å². The van der Waals surface area contributed by atoms with E-state index in [1.807, 2.05) is 6.92 Å². The first-order valence-corrected chi connectivity index (χ1v) is 8.91. The van der Waals surface area contributed by atoms with E-state index in [2.05, 4.69) is 30.2 Å². The van der Waals surface area contributed by atoms with E-state index in [-0.39, 0.29) is 23.6 Å². The number of rotatable bonds is 5. The highest BCUT2D eigenvalue weighted by Gasteiger charge is 2.16. The Hall–Kier alpha value is -3.10. The van der Waals surface area contributed by atoms with Crippen LogP contribution in [0.2, 0.25) is 5.15 Å². The molecule has 0 spiro atoms. The minimum atomic E-state index is -0.296. The van der Waals surface area contributed by atoms with Crippen LogP contribution in [-0.4, -0.2) is 30.0 Å². The molecule has 3 aromatic heterocycles. The number of aromatic nitrogens is 5. The van der Waals surface area contributed by atoms with Crippen LogP contribution in [0.4, 0.5) is 10.2 Å². The molecule has 0 bridgehead atoms. The Bertz CT molecular complexity index is 1130. The Morgan fingerprint density at radius 2 is 1.96 bits per heavy atom. The van der Waals surface area contributed by atoms with Crippen LogP contribution in [0.15, 0.2) is 42.9 Å². The van der Waals surface area contributed by atoms with E-state index >= 15 is 0 Å². The van der Waals surface area contributed by atoms with Gasteiger partial charge < -0.3 is 15.4 Å². The summed E-state index contributed by atoms with van der Waals surface area (Å²) in [6, 6.07) is 6.04. The molecule has 4 rings (SSSR count). The smallest absolute Gasteiger partial charge is 0.165 e. The number of halogens is 2. The van der Waals surface area contributed by atoms with Crippen molar-refractivity contribution in [2.75, 3.05) is 5.32 Å². The highest BCUT2D eigenvalue weighted by molar-refractivity contribution is 6.29. The molecular formula is C19H16ClFN6O. The minimum absolute atomic E-state index is 0.161. The first-order valence-electron chi connectivity index (χ1n) is 8.54. The molecule has 0 aliphatic carbocycles. The number of nitrogens with one attached hydrogen (secondary N) is 2. The zero-order chi connectivity index (χ0) is 19.7.